The van der Waals surface area contributed by atoms with Gasteiger partial charge in [0.2, 0.25) is 0 Å². The van der Waals surface area contributed by atoms with Crippen molar-refractivity contribution in [3.63, 3.8) is 0 Å². The Bertz CT molecular complexity index is 1570. The molecule has 2 amide bonds. The number of fused-ring (bicyclic) bond motifs is 1. The third-order valence-electron chi connectivity index (χ3n) is 8.34. The molecule has 9 heteroatoms. The van der Waals surface area contributed by atoms with Gasteiger partial charge in [-0.2, -0.15) is 0 Å². The van der Waals surface area contributed by atoms with Crippen LogP contribution in [0.25, 0.3) is 10.9 Å². The predicted octanol–water partition coefficient (Wildman–Crippen LogP) is 5.97. The van der Waals surface area contributed by atoms with Crippen LogP contribution < -0.4 is 15.5 Å². The largest absolute Gasteiger partial charge is 0.390 e. The zero-order valence-corrected chi connectivity index (χ0v) is 25.5. The molecule has 1 aliphatic rings. The smallest absolute Gasteiger partial charge is 0.325 e. The number of benzene rings is 2. The first-order valence-corrected chi connectivity index (χ1v) is 15.1. The minimum atomic E-state index is -0.867. The van der Waals surface area contributed by atoms with Crippen LogP contribution in [-0.2, 0) is 0 Å². The van der Waals surface area contributed by atoms with E-state index >= 15 is 0 Å². The summed E-state index contributed by atoms with van der Waals surface area (Å²) in [5.41, 5.74) is 3.53. The highest BCUT2D eigenvalue weighted by Crippen LogP contribution is 2.32. The number of aromatic nitrogens is 2. The van der Waals surface area contributed by atoms with Gasteiger partial charge in [0.25, 0.3) is 5.91 Å². The number of anilines is 3. The number of rotatable bonds is 9. The van der Waals surface area contributed by atoms with Crippen LogP contribution in [0.1, 0.15) is 61.9 Å². The van der Waals surface area contributed by atoms with Crippen LogP contribution in [0.2, 0.25) is 0 Å². The van der Waals surface area contributed by atoms with Gasteiger partial charge in [-0.15, -0.1) is 0 Å². The molecule has 0 aliphatic carbocycles. The second kappa shape index (κ2) is 13.0. The molecule has 0 saturated carbocycles. The molecule has 1 saturated heterocycles. The Morgan fingerprint density at radius 1 is 1.02 bits per heavy atom. The molecule has 1 fully saturated rings. The lowest BCUT2D eigenvalue weighted by atomic mass is 9.89. The number of nitrogens with one attached hydrogen (secondary N) is 2. The molecule has 9 nitrogen and oxygen atoms in total. The van der Waals surface area contributed by atoms with Crippen LogP contribution in [0.3, 0.4) is 0 Å². The Morgan fingerprint density at radius 3 is 2.42 bits per heavy atom. The molecular weight excluding hydrogens is 540 g/mol. The molecule has 0 atom stereocenters. The molecule has 2 aromatic carbocycles. The van der Waals surface area contributed by atoms with Gasteiger partial charge >= 0.3 is 6.03 Å². The zero-order valence-electron chi connectivity index (χ0n) is 25.5. The molecule has 3 N–H and O–H groups in total. The second-order valence-corrected chi connectivity index (χ2v) is 11.9. The normalized spacial score (nSPS) is 14.5. The second-order valence-electron chi connectivity index (χ2n) is 11.9. The lowest BCUT2D eigenvalue weighted by Crippen LogP contribution is -2.32. The molecular formula is C34H42N6O3. The molecule has 43 heavy (non-hydrogen) atoms. The van der Waals surface area contributed by atoms with Gasteiger partial charge in [-0.1, -0.05) is 19.1 Å². The number of likely N-dealkylation sites (tertiary alicyclic amines) is 1. The molecule has 1 aliphatic heterocycles. The van der Waals surface area contributed by atoms with Gasteiger partial charge in [0.1, 0.15) is 5.82 Å². The average Bonchev–Trinajstić information content (AvgIpc) is 3.44. The summed E-state index contributed by atoms with van der Waals surface area (Å²) in [6.07, 6.45) is 6.22. The molecule has 5 rings (SSSR count). The number of piperidine rings is 1. The maximum Gasteiger partial charge on any atom is 0.325 e. The predicted molar refractivity (Wildman–Crippen MR) is 172 cm³/mol. The number of carbonyl (C=O) groups excluding carboxylic acids is 2. The number of aliphatic hydroxyl groups is 1. The first-order chi connectivity index (χ1) is 20.6. The Morgan fingerprint density at radius 2 is 1.74 bits per heavy atom. The van der Waals surface area contributed by atoms with Crippen molar-refractivity contribution in [1.29, 1.82) is 0 Å². The first kappa shape index (κ1) is 30.3. The van der Waals surface area contributed by atoms with Gasteiger partial charge in [0.05, 0.1) is 11.1 Å². The van der Waals surface area contributed by atoms with Crippen molar-refractivity contribution < 1.29 is 14.7 Å². The summed E-state index contributed by atoms with van der Waals surface area (Å²) in [6, 6.07) is 19.3. The van der Waals surface area contributed by atoms with Crippen LogP contribution in [0, 0.1) is 0 Å². The van der Waals surface area contributed by atoms with Crippen molar-refractivity contribution in [3.05, 3.63) is 84.2 Å². The fraction of sp³-hybridized carbons (Fsp3) is 0.382. The molecule has 0 spiro atoms. The zero-order chi connectivity index (χ0) is 30.6. The maximum absolute atomic E-state index is 13.2. The Hall–Kier alpha value is -4.21. The number of hydrogen-bond donors (Lipinski definition) is 3. The van der Waals surface area contributed by atoms with Crippen molar-refractivity contribution in [2.45, 2.75) is 51.6 Å². The van der Waals surface area contributed by atoms with E-state index in [1.165, 1.54) is 5.56 Å². The van der Waals surface area contributed by atoms with Crippen LogP contribution in [-0.4, -0.2) is 70.3 Å². The van der Waals surface area contributed by atoms with E-state index in [0.29, 0.717) is 30.3 Å². The minimum absolute atomic E-state index is 0.205. The van der Waals surface area contributed by atoms with Gasteiger partial charge in [0.15, 0.2) is 0 Å². The standard InChI is InChI=1S/C34H42N6O3/c1-5-38-18-13-25(14-19-38)24-6-8-26(9-7-24)32(41)37-31-23-29(12-17-36-31)39(21-16-34(2,3)43)28-10-11-30-27(22-28)15-20-40(30)33(42)35-4/h6-12,15,17,20,22-23,25,43H,5,13-14,16,18-19,21H2,1-4H3,(H,35,42)(H,36,37,41). The Labute approximate surface area is 253 Å². The summed E-state index contributed by atoms with van der Waals surface area (Å²) in [6.45, 7) is 9.65. The monoisotopic (exact) mass is 582 g/mol. The topological polar surface area (TPSA) is 103 Å². The highest BCUT2D eigenvalue weighted by molar-refractivity contribution is 6.04. The van der Waals surface area contributed by atoms with E-state index in [4.69, 9.17) is 0 Å². The van der Waals surface area contributed by atoms with E-state index in [-0.39, 0.29) is 11.9 Å². The number of pyridine rings is 1. The molecule has 226 valence electrons. The SMILES string of the molecule is CCN1CCC(c2ccc(C(=O)Nc3cc(N(CCC(C)(C)O)c4ccc5c(ccn5C(=O)NC)c4)ccn3)cc2)CC1. The lowest BCUT2D eigenvalue weighted by Gasteiger charge is -2.31. The van der Waals surface area contributed by atoms with E-state index < -0.39 is 5.60 Å². The number of amides is 2. The molecule has 4 aromatic rings. The highest BCUT2D eigenvalue weighted by Gasteiger charge is 2.21. The van der Waals surface area contributed by atoms with Crippen molar-refractivity contribution >= 4 is 40.0 Å². The van der Waals surface area contributed by atoms with E-state index in [2.05, 4.69) is 44.5 Å². The third-order valence-corrected chi connectivity index (χ3v) is 8.34. The Balaban J connectivity index is 1.34. The van der Waals surface area contributed by atoms with Crippen LogP contribution in [0.15, 0.2) is 73.1 Å². The number of nitrogens with zero attached hydrogens (tertiary/aromatic N) is 4. The number of hydrogen-bond acceptors (Lipinski definition) is 6. The summed E-state index contributed by atoms with van der Waals surface area (Å²) < 4.78 is 1.57. The fourth-order valence-corrected chi connectivity index (χ4v) is 5.72. The highest BCUT2D eigenvalue weighted by atomic mass is 16.3. The van der Waals surface area contributed by atoms with Crippen molar-refractivity contribution in [2.24, 2.45) is 0 Å². The van der Waals surface area contributed by atoms with E-state index in [1.807, 2.05) is 48.5 Å². The average molecular weight is 583 g/mol. The summed E-state index contributed by atoms with van der Waals surface area (Å²) >= 11 is 0. The van der Waals surface area contributed by atoms with Gasteiger partial charge in [0, 0.05) is 54.4 Å². The Kier molecular flexibility index (Phi) is 9.13. The van der Waals surface area contributed by atoms with Crippen LogP contribution in [0.5, 0.6) is 0 Å². The van der Waals surface area contributed by atoms with E-state index in [0.717, 1.165) is 54.8 Å². The van der Waals surface area contributed by atoms with Gasteiger partial charge in [-0.25, -0.2) is 9.78 Å². The molecule has 0 bridgehead atoms. The third kappa shape index (κ3) is 7.24. The quantitative estimate of drug-likeness (QED) is 0.225. The summed E-state index contributed by atoms with van der Waals surface area (Å²) in [4.78, 5) is 34.4. The van der Waals surface area contributed by atoms with Crippen molar-refractivity contribution in [2.75, 3.05) is 43.4 Å². The van der Waals surface area contributed by atoms with Crippen LogP contribution in [0.4, 0.5) is 22.0 Å². The van der Waals surface area contributed by atoms with Crippen molar-refractivity contribution in [3.8, 4) is 0 Å². The van der Waals surface area contributed by atoms with Gasteiger partial charge < -0.3 is 25.5 Å². The summed E-state index contributed by atoms with van der Waals surface area (Å²) in [5.74, 6) is 0.769. The fourth-order valence-electron chi connectivity index (χ4n) is 5.72. The van der Waals surface area contributed by atoms with Crippen molar-refractivity contribution in [1.82, 2.24) is 19.8 Å². The summed E-state index contributed by atoms with van der Waals surface area (Å²) in [7, 11) is 1.60. The lowest BCUT2D eigenvalue weighted by molar-refractivity contribution is 0.0737. The molecule has 0 radical (unpaired) electrons. The first-order valence-electron chi connectivity index (χ1n) is 15.1. The van der Waals surface area contributed by atoms with Gasteiger partial charge in [-0.3, -0.25) is 9.36 Å². The summed E-state index contributed by atoms with van der Waals surface area (Å²) in [5, 5.41) is 17.0. The molecule has 3 heterocycles. The molecule has 0 unspecified atom stereocenters. The van der Waals surface area contributed by atoms with E-state index in [1.54, 1.807) is 37.9 Å². The van der Waals surface area contributed by atoms with E-state index in [9.17, 15) is 14.7 Å². The van der Waals surface area contributed by atoms with Crippen LogP contribution >= 0.6 is 0 Å². The number of carbonyl (C=O) groups is 2. The maximum atomic E-state index is 13.2. The minimum Gasteiger partial charge on any atom is -0.390 e. The van der Waals surface area contributed by atoms with Gasteiger partial charge in [-0.05, 0) is 107 Å². The molecule has 2 aromatic heterocycles.